The maximum atomic E-state index is 11.7. The third-order valence-corrected chi connectivity index (χ3v) is 4.83. The molecule has 10 nitrogen and oxygen atoms in total. The van der Waals surface area contributed by atoms with E-state index < -0.39 is 0 Å². The fourth-order valence-electron chi connectivity index (χ4n) is 2.67. The smallest absolute Gasteiger partial charge is 0.294 e. The molecule has 1 amide bonds. The summed E-state index contributed by atoms with van der Waals surface area (Å²) in [6, 6.07) is 3.56. The van der Waals surface area contributed by atoms with Crippen molar-refractivity contribution in [2.24, 2.45) is 0 Å². The number of pyridine rings is 1. The van der Waals surface area contributed by atoms with Crippen LogP contribution in [0.3, 0.4) is 0 Å². The van der Waals surface area contributed by atoms with E-state index in [9.17, 15) is 4.79 Å². The molecule has 0 spiro atoms. The summed E-state index contributed by atoms with van der Waals surface area (Å²) in [4.78, 5) is 17.0. The number of hydrogen-bond donors (Lipinski definition) is 1. The van der Waals surface area contributed by atoms with Crippen molar-refractivity contribution in [1.82, 2.24) is 29.5 Å². The molecule has 0 aliphatic rings. The minimum atomic E-state index is -0.197. The van der Waals surface area contributed by atoms with E-state index in [4.69, 9.17) is 14.2 Å². The van der Waals surface area contributed by atoms with E-state index in [1.54, 1.807) is 41.7 Å². The molecule has 28 heavy (non-hydrogen) atoms. The van der Waals surface area contributed by atoms with E-state index in [0.717, 1.165) is 0 Å². The minimum absolute atomic E-state index is 0.0961. The van der Waals surface area contributed by atoms with E-state index in [-0.39, 0.29) is 12.5 Å². The number of amides is 1. The lowest BCUT2D eigenvalue weighted by molar-refractivity contribution is -0.122. The van der Waals surface area contributed by atoms with Gasteiger partial charge in [0.15, 0.2) is 6.61 Å². The number of carbonyl (C=O) groups excluding carboxylic acids is 1. The second kappa shape index (κ2) is 7.35. The van der Waals surface area contributed by atoms with Crippen LogP contribution in [0.2, 0.25) is 0 Å². The fraction of sp³-hybridized carbons (Fsp3) is 0.294. The van der Waals surface area contributed by atoms with E-state index in [0.29, 0.717) is 45.1 Å². The molecule has 4 aromatic rings. The number of likely N-dealkylation sites (N-methyl/N-ethyl adjacent to an activating group) is 1. The third kappa shape index (κ3) is 3.31. The lowest BCUT2D eigenvalue weighted by Gasteiger charge is -2.09. The molecule has 0 aliphatic carbocycles. The Morgan fingerprint density at radius 1 is 1.14 bits per heavy atom. The first kappa shape index (κ1) is 18.0. The Kier molecular flexibility index (Phi) is 4.74. The molecule has 1 N–H and O–H groups in total. The van der Waals surface area contributed by atoms with Crippen LogP contribution < -0.4 is 19.5 Å². The molecule has 4 rings (SSSR count). The highest BCUT2D eigenvalue weighted by molar-refractivity contribution is 7.18. The summed E-state index contributed by atoms with van der Waals surface area (Å²) in [5, 5.41) is 12.1. The monoisotopic (exact) mass is 402 g/mol. The summed E-state index contributed by atoms with van der Waals surface area (Å²) >= 11 is 1.34. The lowest BCUT2D eigenvalue weighted by Crippen LogP contribution is -2.28. The quantitative estimate of drug-likeness (QED) is 0.501. The highest BCUT2D eigenvalue weighted by atomic mass is 32.1. The maximum absolute atomic E-state index is 11.7. The van der Waals surface area contributed by atoms with Gasteiger partial charge < -0.3 is 19.5 Å². The van der Waals surface area contributed by atoms with Gasteiger partial charge in [-0.2, -0.15) is 5.10 Å². The van der Waals surface area contributed by atoms with E-state index in [1.165, 1.54) is 11.3 Å². The molecule has 0 radical (unpaired) electrons. The largest absolute Gasteiger partial charge is 0.495 e. The van der Waals surface area contributed by atoms with Gasteiger partial charge in [0.05, 0.1) is 26.6 Å². The maximum Gasteiger partial charge on any atom is 0.294 e. The van der Waals surface area contributed by atoms with Crippen molar-refractivity contribution >= 4 is 27.7 Å². The molecule has 4 aromatic heterocycles. The van der Waals surface area contributed by atoms with Gasteiger partial charge in [0.25, 0.3) is 11.1 Å². The molecule has 0 aliphatic heterocycles. The SMILES string of the molecule is CCNC(=O)COc1cc(OC)cn2nc(-c3cn4nc(OC)sc4n3)cc12. The predicted octanol–water partition coefficient (Wildman–Crippen LogP) is 1.64. The molecule has 0 unspecified atom stereocenters. The second-order valence-corrected chi connectivity index (χ2v) is 6.69. The van der Waals surface area contributed by atoms with Gasteiger partial charge >= 0.3 is 0 Å². The zero-order chi connectivity index (χ0) is 19.7. The predicted molar refractivity (Wildman–Crippen MR) is 102 cm³/mol. The van der Waals surface area contributed by atoms with Crippen molar-refractivity contribution in [2.45, 2.75) is 6.92 Å². The highest BCUT2D eigenvalue weighted by Crippen LogP contribution is 2.30. The summed E-state index contributed by atoms with van der Waals surface area (Å²) in [6.45, 7) is 2.30. The Labute approximate surface area is 163 Å². The zero-order valence-corrected chi connectivity index (χ0v) is 16.3. The number of nitrogens with zero attached hydrogens (tertiary/aromatic N) is 5. The number of methoxy groups -OCH3 is 2. The number of ether oxygens (including phenoxy) is 3. The van der Waals surface area contributed by atoms with Crippen molar-refractivity contribution in [1.29, 1.82) is 0 Å². The second-order valence-electron chi connectivity index (χ2n) is 5.77. The van der Waals surface area contributed by atoms with Crippen LogP contribution in [-0.2, 0) is 4.79 Å². The molecule has 4 heterocycles. The topological polar surface area (TPSA) is 104 Å². The molecule has 0 fully saturated rings. The van der Waals surface area contributed by atoms with E-state index in [1.807, 2.05) is 13.0 Å². The molecule has 11 heteroatoms. The highest BCUT2D eigenvalue weighted by Gasteiger charge is 2.16. The Morgan fingerprint density at radius 2 is 2.00 bits per heavy atom. The van der Waals surface area contributed by atoms with Gasteiger partial charge in [-0.15, -0.1) is 5.10 Å². The summed E-state index contributed by atoms with van der Waals surface area (Å²) in [7, 11) is 3.12. The number of carbonyl (C=O) groups is 1. The Morgan fingerprint density at radius 3 is 2.71 bits per heavy atom. The van der Waals surface area contributed by atoms with Crippen LogP contribution in [-0.4, -0.2) is 57.5 Å². The molecule has 0 aromatic carbocycles. The number of imidazole rings is 1. The Balaban J connectivity index is 1.70. The average Bonchev–Trinajstić information content (AvgIpc) is 3.37. The number of hydrogen-bond acceptors (Lipinski definition) is 8. The van der Waals surface area contributed by atoms with Crippen LogP contribution in [0, 0.1) is 0 Å². The molecule has 0 atom stereocenters. The van der Waals surface area contributed by atoms with Crippen LogP contribution in [0.15, 0.2) is 24.5 Å². The minimum Gasteiger partial charge on any atom is -0.495 e. The third-order valence-electron chi connectivity index (χ3n) is 3.94. The van der Waals surface area contributed by atoms with Crippen molar-refractivity contribution in [3.05, 3.63) is 24.5 Å². The van der Waals surface area contributed by atoms with Gasteiger partial charge in [-0.3, -0.25) is 4.79 Å². The van der Waals surface area contributed by atoms with Crippen LogP contribution in [0.25, 0.3) is 21.9 Å². The number of rotatable bonds is 7. The Hall–Kier alpha value is -3.34. The first-order chi connectivity index (χ1) is 13.6. The van der Waals surface area contributed by atoms with Crippen molar-refractivity contribution in [3.63, 3.8) is 0 Å². The fourth-order valence-corrected chi connectivity index (χ4v) is 3.37. The molecular formula is C17H18N6O4S. The number of aromatic nitrogens is 5. The van der Waals surface area contributed by atoms with Gasteiger partial charge in [0.2, 0.25) is 4.96 Å². The first-order valence-electron chi connectivity index (χ1n) is 8.48. The van der Waals surface area contributed by atoms with Crippen LogP contribution in [0.5, 0.6) is 16.7 Å². The molecule has 0 saturated carbocycles. The van der Waals surface area contributed by atoms with Crippen molar-refractivity contribution < 1.29 is 19.0 Å². The first-order valence-corrected chi connectivity index (χ1v) is 9.30. The molecule has 0 saturated heterocycles. The Bertz CT molecular complexity index is 1120. The van der Waals surface area contributed by atoms with Gasteiger partial charge in [0.1, 0.15) is 28.4 Å². The number of nitrogens with one attached hydrogen (secondary N) is 1. The summed E-state index contributed by atoms with van der Waals surface area (Å²) < 4.78 is 19.4. The average molecular weight is 402 g/mol. The van der Waals surface area contributed by atoms with Gasteiger partial charge in [0, 0.05) is 12.6 Å². The number of fused-ring (bicyclic) bond motifs is 2. The summed E-state index contributed by atoms with van der Waals surface area (Å²) in [5.74, 6) is 0.855. The van der Waals surface area contributed by atoms with Crippen LogP contribution in [0.4, 0.5) is 0 Å². The zero-order valence-electron chi connectivity index (χ0n) is 15.5. The van der Waals surface area contributed by atoms with Crippen molar-refractivity contribution in [3.8, 4) is 28.1 Å². The molecule has 0 bridgehead atoms. The van der Waals surface area contributed by atoms with Crippen LogP contribution >= 0.6 is 11.3 Å². The van der Waals surface area contributed by atoms with Crippen LogP contribution in [0.1, 0.15) is 6.92 Å². The van der Waals surface area contributed by atoms with Crippen molar-refractivity contribution in [2.75, 3.05) is 27.4 Å². The standard InChI is InChI=1S/C17H18N6O4S/c1-4-18-15(24)9-27-14-5-10(25-2)7-22-13(14)6-11(20-22)12-8-23-16(19-12)28-17(21-23)26-3/h5-8H,4,9H2,1-3H3,(H,18,24). The molecule has 146 valence electrons. The van der Waals surface area contributed by atoms with Gasteiger partial charge in [-0.1, -0.05) is 0 Å². The van der Waals surface area contributed by atoms with E-state index in [2.05, 4.69) is 20.5 Å². The normalized spacial score (nSPS) is 11.1. The van der Waals surface area contributed by atoms with E-state index >= 15 is 0 Å². The van der Waals surface area contributed by atoms with Gasteiger partial charge in [-0.05, 0) is 24.3 Å². The molecular weight excluding hydrogens is 384 g/mol. The summed E-state index contributed by atoms with van der Waals surface area (Å²) in [5.41, 5.74) is 2.01. The van der Waals surface area contributed by atoms with Gasteiger partial charge in [-0.25, -0.2) is 14.0 Å². The summed E-state index contributed by atoms with van der Waals surface area (Å²) in [6.07, 6.45) is 3.51. The lowest BCUT2D eigenvalue weighted by atomic mass is 10.3.